The van der Waals surface area contributed by atoms with Crippen LogP contribution in [0.25, 0.3) is 0 Å². The van der Waals surface area contributed by atoms with E-state index in [4.69, 9.17) is 5.73 Å². The SMILES string of the molecule is CC1(C)CC1CN1CC(CN)CC1=O. The summed E-state index contributed by atoms with van der Waals surface area (Å²) < 4.78 is 0. The Hall–Kier alpha value is -0.570. The maximum atomic E-state index is 11.6. The van der Waals surface area contributed by atoms with Gasteiger partial charge in [0.05, 0.1) is 0 Å². The molecule has 3 nitrogen and oxygen atoms in total. The predicted molar refractivity (Wildman–Crippen MR) is 55.6 cm³/mol. The minimum Gasteiger partial charge on any atom is -0.342 e. The van der Waals surface area contributed by atoms with Crippen LogP contribution in [0.15, 0.2) is 0 Å². The van der Waals surface area contributed by atoms with E-state index in [2.05, 4.69) is 13.8 Å². The molecule has 1 saturated carbocycles. The molecule has 3 heteroatoms. The molecule has 2 rings (SSSR count). The molecule has 1 aliphatic carbocycles. The lowest BCUT2D eigenvalue weighted by Gasteiger charge is -2.17. The van der Waals surface area contributed by atoms with E-state index < -0.39 is 0 Å². The standard InChI is InChI=1S/C11H20N2O/c1-11(2)4-9(11)7-13-6-8(5-12)3-10(13)14/h8-9H,3-7,12H2,1-2H3. The predicted octanol–water partition coefficient (Wildman–Crippen LogP) is 0.840. The highest BCUT2D eigenvalue weighted by atomic mass is 16.2. The van der Waals surface area contributed by atoms with Gasteiger partial charge in [-0.15, -0.1) is 0 Å². The molecule has 80 valence electrons. The second kappa shape index (κ2) is 3.23. The quantitative estimate of drug-likeness (QED) is 0.727. The van der Waals surface area contributed by atoms with Crippen molar-refractivity contribution >= 4 is 5.91 Å². The highest BCUT2D eigenvalue weighted by Gasteiger charge is 2.47. The maximum Gasteiger partial charge on any atom is 0.222 e. The first-order valence-electron chi connectivity index (χ1n) is 5.51. The molecule has 1 amide bonds. The van der Waals surface area contributed by atoms with Crippen LogP contribution < -0.4 is 5.73 Å². The molecule has 0 aromatic heterocycles. The molecule has 2 fully saturated rings. The minimum atomic E-state index is 0.308. The normalized spacial score (nSPS) is 35.1. The van der Waals surface area contributed by atoms with Crippen LogP contribution in [0.4, 0.5) is 0 Å². The molecule has 14 heavy (non-hydrogen) atoms. The summed E-state index contributed by atoms with van der Waals surface area (Å²) in [6.45, 7) is 7.05. The van der Waals surface area contributed by atoms with Crippen molar-refractivity contribution in [3.8, 4) is 0 Å². The lowest BCUT2D eigenvalue weighted by atomic mass is 10.1. The molecule has 1 heterocycles. The third-order valence-electron chi connectivity index (χ3n) is 3.79. The van der Waals surface area contributed by atoms with Crippen molar-refractivity contribution in [1.29, 1.82) is 0 Å². The lowest BCUT2D eigenvalue weighted by Crippen LogP contribution is -2.29. The fourth-order valence-electron chi connectivity index (χ4n) is 2.34. The number of hydrogen-bond acceptors (Lipinski definition) is 2. The fraction of sp³-hybridized carbons (Fsp3) is 0.909. The molecule has 0 spiro atoms. The van der Waals surface area contributed by atoms with Gasteiger partial charge in [0, 0.05) is 19.5 Å². The smallest absolute Gasteiger partial charge is 0.222 e. The molecular formula is C11H20N2O. The molecule has 1 aliphatic heterocycles. The van der Waals surface area contributed by atoms with Crippen LogP contribution in [0, 0.1) is 17.3 Å². The molecule has 2 atom stereocenters. The third kappa shape index (κ3) is 1.78. The van der Waals surface area contributed by atoms with Crippen molar-refractivity contribution in [2.45, 2.75) is 26.7 Å². The number of hydrogen-bond donors (Lipinski definition) is 1. The summed E-state index contributed by atoms with van der Waals surface area (Å²) in [5, 5.41) is 0. The Morgan fingerprint density at radius 2 is 2.21 bits per heavy atom. The van der Waals surface area contributed by atoms with Gasteiger partial charge in [0.25, 0.3) is 0 Å². The number of carbonyl (C=O) groups excluding carboxylic acids is 1. The van der Waals surface area contributed by atoms with E-state index >= 15 is 0 Å². The monoisotopic (exact) mass is 196 g/mol. The summed E-state index contributed by atoms with van der Waals surface area (Å²) in [6.07, 6.45) is 1.94. The Morgan fingerprint density at radius 1 is 1.57 bits per heavy atom. The Bertz CT molecular complexity index is 250. The molecule has 0 aromatic rings. The van der Waals surface area contributed by atoms with Crippen LogP contribution in [0.3, 0.4) is 0 Å². The van der Waals surface area contributed by atoms with Gasteiger partial charge >= 0.3 is 0 Å². The van der Waals surface area contributed by atoms with E-state index in [1.165, 1.54) is 6.42 Å². The van der Waals surface area contributed by atoms with Gasteiger partial charge in [-0.3, -0.25) is 4.79 Å². The van der Waals surface area contributed by atoms with Gasteiger partial charge in [0.2, 0.25) is 5.91 Å². The number of likely N-dealkylation sites (tertiary alicyclic amines) is 1. The van der Waals surface area contributed by atoms with Crippen molar-refractivity contribution in [3.05, 3.63) is 0 Å². The van der Waals surface area contributed by atoms with Gasteiger partial charge in [0.1, 0.15) is 0 Å². The van der Waals surface area contributed by atoms with E-state index in [1.807, 2.05) is 4.90 Å². The van der Waals surface area contributed by atoms with Gasteiger partial charge in [-0.1, -0.05) is 13.8 Å². The van der Waals surface area contributed by atoms with Crippen molar-refractivity contribution < 1.29 is 4.79 Å². The minimum absolute atomic E-state index is 0.308. The zero-order chi connectivity index (χ0) is 10.3. The first kappa shape index (κ1) is 9.97. The zero-order valence-corrected chi connectivity index (χ0v) is 9.12. The molecule has 2 aliphatic rings. The van der Waals surface area contributed by atoms with Crippen LogP contribution in [0.1, 0.15) is 26.7 Å². The van der Waals surface area contributed by atoms with Crippen LogP contribution >= 0.6 is 0 Å². The van der Waals surface area contributed by atoms with Crippen LogP contribution in [0.2, 0.25) is 0 Å². The van der Waals surface area contributed by atoms with Gasteiger partial charge in [-0.05, 0) is 30.2 Å². The second-order valence-electron chi connectivity index (χ2n) is 5.49. The van der Waals surface area contributed by atoms with Gasteiger partial charge in [-0.2, -0.15) is 0 Å². The second-order valence-corrected chi connectivity index (χ2v) is 5.49. The summed E-state index contributed by atoms with van der Waals surface area (Å²) in [5.41, 5.74) is 6.05. The Kier molecular flexibility index (Phi) is 2.30. The number of carbonyl (C=O) groups is 1. The van der Waals surface area contributed by atoms with E-state index in [9.17, 15) is 4.79 Å². The molecule has 1 saturated heterocycles. The van der Waals surface area contributed by atoms with Crippen LogP contribution in [-0.2, 0) is 4.79 Å². The van der Waals surface area contributed by atoms with Gasteiger partial charge in [0.15, 0.2) is 0 Å². The van der Waals surface area contributed by atoms with Crippen molar-refractivity contribution in [1.82, 2.24) is 4.90 Å². The lowest BCUT2D eigenvalue weighted by molar-refractivity contribution is -0.128. The van der Waals surface area contributed by atoms with Gasteiger partial charge in [-0.25, -0.2) is 0 Å². The van der Waals surface area contributed by atoms with Crippen molar-refractivity contribution in [3.63, 3.8) is 0 Å². The first-order valence-corrected chi connectivity index (χ1v) is 5.51. The average Bonchev–Trinajstić information content (AvgIpc) is 2.55. The topological polar surface area (TPSA) is 46.3 Å². The van der Waals surface area contributed by atoms with E-state index in [-0.39, 0.29) is 0 Å². The molecule has 0 radical (unpaired) electrons. The Balaban J connectivity index is 1.85. The third-order valence-corrected chi connectivity index (χ3v) is 3.79. The van der Waals surface area contributed by atoms with Crippen molar-refractivity contribution in [2.75, 3.05) is 19.6 Å². The summed E-state index contributed by atoms with van der Waals surface area (Å²) in [6, 6.07) is 0. The molecule has 0 aromatic carbocycles. The maximum absolute atomic E-state index is 11.6. The molecule has 2 unspecified atom stereocenters. The van der Waals surface area contributed by atoms with E-state index in [0.717, 1.165) is 19.0 Å². The number of amides is 1. The highest BCUT2D eigenvalue weighted by molar-refractivity contribution is 5.78. The van der Waals surface area contributed by atoms with Gasteiger partial charge < -0.3 is 10.6 Å². The summed E-state index contributed by atoms with van der Waals surface area (Å²) in [7, 11) is 0. The van der Waals surface area contributed by atoms with Crippen LogP contribution in [0.5, 0.6) is 0 Å². The number of rotatable bonds is 3. The van der Waals surface area contributed by atoms with Crippen molar-refractivity contribution in [2.24, 2.45) is 23.0 Å². The summed E-state index contributed by atoms with van der Waals surface area (Å²) in [4.78, 5) is 13.6. The zero-order valence-electron chi connectivity index (χ0n) is 9.12. The number of nitrogens with zero attached hydrogens (tertiary/aromatic N) is 1. The van der Waals surface area contributed by atoms with E-state index in [1.54, 1.807) is 0 Å². The molecular weight excluding hydrogens is 176 g/mol. The summed E-state index contributed by atoms with van der Waals surface area (Å²) in [5.74, 6) is 1.44. The fourth-order valence-corrected chi connectivity index (χ4v) is 2.34. The highest BCUT2D eigenvalue weighted by Crippen LogP contribution is 2.52. The van der Waals surface area contributed by atoms with Crippen LogP contribution in [-0.4, -0.2) is 30.4 Å². The molecule has 0 bridgehead atoms. The van der Waals surface area contributed by atoms with E-state index in [0.29, 0.717) is 30.2 Å². The first-order chi connectivity index (χ1) is 6.53. The Labute approximate surface area is 85.6 Å². The molecule has 2 N–H and O–H groups in total. The Morgan fingerprint density at radius 3 is 2.64 bits per heavy atom. The summed E-state index contributed by atoms with van der Waals surface area (Å²) >= 11 is 0. The average molecular weight is 196 g/mol. The largest absolute Gasteiger partial charge is 0.342 e. The number of nitrogens with two attached hydrogens (primary N) is 1.